The van der Waals surface area contributed by atoms with Gasteiger partial charge in [-0.3, -0.25) is 0 Å². The van der Waals surface area contributed by atoms with E-state index in [1.54, 1.807) is 19.2 Å². The molecule has 5 rings (SSSR count). The van der Waals surface area contributed by atoms with E-state index in [0.29, 0.717) is 23.3 Å². The van der Waals surface area contributed by atoms with Crippen LogP contribution in [0.3, 0.4) is 0 Å². The van der Waals surface area contributed by atoms with Gasteiger partial charge in [-0.2, -0.15) is 0 Å². The summed E-state index contributed by atoms with van der Waals surface area (Å²) < 4.78 is 45.4. The van der Waals surface area contributed by atoms with Gasteiger partial charge in [-0.05, 0) is 69.3 Å². The van der Waals surface area contributed by atoms with Crippen molar-refractivity contribution in [1.82, 2.24) is 0 Å². The van der Waals surface area contributed by atoms with Crippen LogP contribution in [0.1, 0.15) is 71.3 Å². The summed E-state index contributed by atoms with van der Waals surface area (Å²) in [6.45, 7) is 9.13. The third kappa shape index (κ3) is 5.96. The Morgan fingerprint density at radius 2 is 1.78 bits per heavy atom. The lowest BCUT2D eigenvalue weighted by Gasteiger charge is -2.53. The van der Waals surface area contributed by atoms with E-state index in [2.05, 4.69) is 20.8 Å². The molecule has 2 aromatic rings. The molecule has 2 saturated heterocycles. The van der Waals surface area contributed by atoms with Crippen LogP contribution in [0.2, 0.25) is 18.1 Å². The number of aromatic hydroxyl groups is 1. The molecule has 3 heterocycles. The highest BCUT2D eigenvalue weighted by Gasteiger charge is 2.59. The lowest BCUT2D eigenvalue weighted by atomic mass is 9.85. The molecule has 3 aliphatic rings. The molecule has 1 aromatic heterocycles. The van der Waals surface area contributed by atoms with Gasteiger partial charge in [0, 0.05) is 19.3 Å². The van der Waals surface area contributed by atoms with E-state index in [0.717, 1.165) is 69.1 Å². The summed E-state index contributed by atoms with van der Waals surface area (Å²) in [5, 5.41) is 10.8. The molecule has 10 heteroatoms. The van der Waals surface area contributed by atoms with E-state index in [1.807, 2.05) is 6.92 Å². The standard InChI is InChI=1S/C31H46O9Si/c1-6-41(7-2,8-3)40-27-28(38-25-13-9-12-18-35-25)30(39-31(29(27)34-5)16-10-11-17-31)36-23-15-14-21-22(32)19-24(33)37-26(21)20(23)4/h14-15,19,25,27-30,32H,6-13,16-18H2,1-5H3/t25?,27-,28+,29+,30+/m1/s1. The second-order valence-electron chi connectivity index (χ2n) is 11.8. The van der Waals surface area contributed by atoms with Crippen molar-refractivity contribution in [3.05, 3.63) is 34.2 Å². The fourth-order valence-corrected chi connectivity index (χ4v) is 9.77. The summed E-state index contributed by atoms with van der Waals surface area (Å²) in [5.74, 6) is 0.360. The van der Waals surface area contributed by atoms with Gasteiger partial charge < -0.3 is 37.6 Å². The maximum atomic E-state index is 12.1. The summed E-state index contributed by atoms with van der Waals surface area (Å²) in [5.41, 5.74) is -0.314. The number of methoxy groups -OCH3 is 1. The number of ether oxygens (including phenoxy) is 5. The average molecular weight is 591 g/mol. The van der Waals surface area contributed by atoms with Crippen LogP contribution in [0.25, 0.3) is 11.0 Å². The van der Waals surface area contributed by atoms with Crippen LogP contribution in [0.5, 0.6) is 11.5 Å². The molecule has 1 unspecified atom stereocenters. The van der Waals surface area contributed by atoms with Gasteiger partial charge in [-0.1, -0.05) is 33.6 Å². The first-order valence-corrected chi connectivity index (χ1v) is 17.9. The average Bonchev–Trinajstić information content (AvgIpc) is 3.44. The van der Waals surface area contributed by atoms with Gasteiger partial charge in [0.05, 0.1) is 11.5 Å². The largest absolute Gasteiger partial charge is 0.507 e. The highest BCUT2D eigenvalue weighted by Crippen LogP contribution is 2.47. The number of rotatable bonds is 10. The molecular formula is C31H46O9Si. The van der Waals surface area contributed by atoms with Crippen LogP contribution in [-0.2, 0) is 23.4 Å². The zero-order valence-corrected chi connectivity index (χ0v) is 26.1. The molecule has 3 fully saturated rings. The van der Waals surface area contributed by atoms with Crippen LogP contribution in [0.15, 0.2) is 27.4 Å². The molecule has 0 bridgehead atoms. The first kappa shape index (κ1) is 30.5. The molecule has 1 spiro atoms. The lowest BCUT2D eigenvalue weighted by molar-refractivity contribution is -0.342. The molecule has 228 valence electrons. The second kappa shape index (κ2) is 12.7. The first-order chi connectivity index (χ1) is 19.8. The number of benzene rings is 1. The van der Waals surface area contributed by atoms with Crippen molar-refractivity contribution < 1.29 is 37.6 Å². The molecule has 1 aromatic carbocycles. The zero-order chi connectivity index (χ0) is 29.2. The molecule has 2 aliphatic heterocycles. The van der Waals surface area contributed by atoms with Gasteiger partial charge >= 0.3 is 5.63 Å². The minimum atomic E-state index is -2.11. The van der Waals surface area contributed by atoms with E-state index >= 15 is 0 Å². The first-order valence-electron chi connectivity index (χ1n) is 15.4. The Hall–Kier alpha value is -1.95. The molecule has 41 heavy (non-hydrogen) atoms. The molecule has 0 radical (unpaired) electrons. The van der Waals surface area contributed by atoms with Gasteiger partial charge in [0.2, 0.25) is 6.29 Å². The second-order valence-corrected chi connectivity index (χ2v) is 16.5. The van der Waals surface area contributed by atoms with Crippen molar-refractivity contribution in [3.63, 3.8) is 0 Å². The number of hydrogen-bond acceptors (Lipinski definition) is 9. The SMILES string of the molecule is CC[Si](CC)(CC)O[C@@H]1[C@H](OC2CCCCO2)[C@@H](Oc2ccc3c(O)cc(=O)oc3c2C)OC2(CCCC2)[C@H]1OC. The maximum absolute atomic E-state index is 12.1. The number of fused-ring (bicyclic) bond motifs is 1. The Kier molecular flexibility index (Phi) is 9.47. The maximum Gasteiger partial charge on any atom is 0.339 e. The van der Waals surface area contributed by atoms with E-state index in [9.17, 15) is 9.90 Å². The highest BCUT2D eigenvalue weighted by atomic mass is 28.4. The van der Waals surface area contributed by atoms with Gasteiger partial charge in [0.15, 0.2) is 20.7 Å². The van der Waals surface area contributed by atoms with Crippen LogP contribution in [0.4, 0.5) is 0 Å². The van der Waals surface area contributed by atoms with Crippen molar-refractivity contribution in [3.8, 4) is 11.5 Å². The summed E-state index contributed by atoms with van der Waals surface area (Å²) in [7, 11) is -0.364. The van der Waals surface area contributed by atoms with Crippen LogP contribution in [0, 0.1) is 6.92 Å². The van der Waals surface area contributed by atoms with Crippen molar-refractivity contribution in [2.45, 2.75) is 127 Å². The van der Waals surface area contributed by atoms with E-state index in [-0.39, 0.29) is 17.4 Å². The molecule has 1 aliphatic carbocycles. The quantitative estimate of drug-likeness (QED) is 0.257. The topological polar surface area (TPSA) is 106 Å². The Morgan fingerprint density at radius 3 is 2.41 bits per heavy atom. The van der Waals surface area contributed by atoms with Crippen molar-refractivity contribution in [2.24, 2.45) is 0 Å². The Morgan fingerprint density at radius 1 is 1.05 bits per heavy atom. The Balaban J connectivity index is 1.58. The molecular weight excluding hydrogens is 544 g/mol. The van der Waals surface area contributed by atoms with Gasteiger partial charge in [-0.25, -0.2) is 4.79 Å². The normalized spacial score (nSPS) is 28.4. The molecule has 9 nitrogen and oxygen atoms in total. The van der Waals surface area contributed by atoms with Crippen LogP contribution >= 0.6 is 0 Å². The monoisotopic (exact) mass is 590 g/mol. The highest BCUT2D eigenvalue weighted by molar-refractivity contribution is 6.73. The van der Waals surface area contributed by atoms with Crippen molar-refractivity contribution in [1.29, 1.82) is 0 Å². The fraction of sp³-hybridized carbons (Fsp3) is 0.710. The summed E-state index contributed by atoms with van der Waals surface area (Å²) in [6.07, 6.45) is 4.04. The molecule has 1 saturated carbocycles. The van der Waals surface area contributed by atoms with E-state index in [4.69, 9.17) is 32.5 Å². The predicted molar refractivity (Wildman–Crippen MR) is 157 cm³/mol. The number of aryl methyl sites for hydroxylation is 1. The molecule has 1 N–H and O–H groups in total. The van der Waals surface area contributed by atoms with Gasteiger partial charge in [0.1, 0.15) is 34.9 Å². The smallest absolute Gasteiger partial charge is 0.339 e. The Bertz CT molecular complexity index is 1220. The van der Waals surface area contributed by atoms with Crippen molar-refractivity contribution >= 4 is 19.3 Å². The Labute approximate surface area is 243 Å². The van der Waals surface area contributed by atoms with E-state index in [1.165, 1.54) is 0 Å². The lowest BCUT2D eigenvalue weighted by Crippen LogP contribution is -2.68. The van der Waals surface area contributed by atoms with Crippen molar-refractivity contribution in [2.75, 3.05) is 13.7 Å². The van der Waals surface area contributed by atoms with Gasteiger partial charge in [-0.15, -0.1) is 0 Å². The predicted octanol–water partition coefficient (Wildman–Crippen LogP) is 6.17. The zero-order valence-electron chi connectivity index (χ0n) is 25.1. The molecule has 0 amide bonds. The summed E-state index contributed by atoms with van der Waals surface area (Å²) >= 11 is 0. The van der Waals surface area contributed by atoms with Crippen LogP contribution in [-0.4, -0.2) is 63.6 Å². The minimum absolute atomic E-state index is 0.128. The fourth-order valence-electron chi connectivity index (χ4n) is 6.94. The summed E-state index contributed by atoms with van der Waals surface area (Å²) in [6, 6.07) is 7.52. The minimum Gasteiger partial charge on any atom is -0.507 e. The van der Waals surface area contributed by atoms with Crippen LogP contribution < -0.4 is 10.4 Å². The van der Waals surface area contributed by atoms with Gasteiger partial charge in [0.25, 0.3) is 0 Å². The van der Waals surface area contributed by atoms with E-state index < -0.39 is 44.3 Å². The summed E-state index contributed by atoms with van der Waals surface area (Å²) in [4.78, 5) is 12.1. The molecule has 5 atom stereocenters. The third-order valence-electron chi connectivity index (χ3n) is 9.56. The number of hydrogen-bond donors (Lipinski definition) is 1. The third-order valence-corrected chi connectivity index (χ3v) is 14.2.